The van der Waals surface area contributed by atoms with E-state index in [-0.39, 0.29) is 16.6 Å². The summed E-state index contributed by atoms with van der Waals surface area (Å²) in [5.74, 6) is 0.517. The Kier molecular flexibility index (Phi) is 4.77. The Balaban J connectivity index is 2.47. The van der Waals surface area contributed by atoms with Crippen LogP contribution in [0.2, 0.25) is 0 Å². The lowest BCUT2D eigenvalue weighted by Crippen LogP contribution is -2.52. The number of carbonyl (C=O) groups is 2. The van der Waals surface area contributed by atoms with Gasteiger partial charge in [-0.25, -0.2) is 0 Å². The van der Waals surface area contributed by atoms with Gasteiger partial charge in [-0.3, -0.25) is 9.59 Å². The summed E-state index contributed by atoms with van der Waals surface area (Å²) in [5, 5.41) is 0. The van der Waals surface area contributed by atoms with Crippen molar-refractivity contribution in [3.05, 3.63) is 0 Å². The summed E-state index contributed by atoms with van der Waals surface area (Å²) in [5.41, 5.74) is 0. The SMILES string of the molecule is CC(=O)N1CCN(C(=O)[C@H](Br)C(C)C)CC1. The monoisotopic (exact) mass is 290 g/mol. The first kappa shape index (κ1) is 13.5. The van der Waals surface area contributed by atoms with Crippen molar-refractivity contribution in [3.63, 3.8) is 0 Å². The quantitative estimate of drug-likeness (QED) is 0.715. The normalized spacial score (nSPS) is 18.8. The van der Waals surface area contributed by atoms with E-state index in [9.17, 15) is 9.59 Å². The van der Waals surface area contributed by atoms with Gasteiger partial charge < -0.3 is 9.80 Å². The van der Waals surface area contributed by atoms with Gasteiger partial charge >= 0.3 is 0 Å². The van der Waals surface area contributed by atoms with Crippen LogP contribution in [-0.4, -0.2) is 52.6 Å². The number of rotatable bonds is 2. The molecule has 0 aliphatic carbocycles. The minimum absolute atomic E-state index is 0.0892. The molecule has 0 aromatic rings. The van der Waals surface area contributed by atoms with Gasteiger partial charge in [0, 0.05) is 33.1 Å². The molecule has 0 saturated carbocycles. The molecular weight excluding hydrogens is 272 g/mol. The molecule has 92 valence electrons. The molecule has 0 N–H and O–H groups in total. The van der Waals surface area contributed by atoms with Crippen molar-refractivity contribution in [2.45, 2.75) is 25.6 Å². The number of carbonyl (C=O) groups excluding carboxylic acids is 2. The van der Waals surface area contributed by atoms with Gasteiger partial charge in [0.15, 0.2) is 0 Å². The fourth-order valence-electron chi connectivity index (χ4n) is 1.70. The van der Waals surface area contributed by atoms with E-state index in [2.05, 4.69) is 15.9 Å². The van der Waals surface area contributed by atoms with Crippen molar-refractivity contribution in [1.29, 1.82) is 0 Å². The average molecular weight is 291 g/mol. The van der Waals surface area contributed by atoms with Crippen LogP contribution in [-0.2, 0) is 9.59 Å². The molecule has 1 rings (SSSR count). The number of alkyl halides is 1. The maximum atomic E-state index is 12.0. The second kappa shape index (κ2) is 5.66. The number of halogens is 1. The zero-order valence-corrected chi connectivity index (χ0v) is 11.7. The Morgan fingerprint density at radius 2 is 1.50 bits per heavy atom. The summed E-state index contributed by atoms with van der Waals surface area (Å²) in [6.07, 6.45) is 0. The fraction of sp³-hybridized carbons (Fsp3) is 0.818. The van der Waals surface area contributed by atoms with Gasteiger partial charge in [0.25, 0.3) is 0 Å². The van der Waals surface area contributed by atoms with E-state index in [4.69, 9.17) is 0 Å². The summed E-state index contributed by atoms with van der Waals surface area (Å²) in [7, 11) is 0. The van der Waals surface area contributed by atoms with Crippen molar-refractivity contribution < 1.29 is 9.59 Å². The van der Waals surface area contributed by atoms with Gasteiger partial charge in [-0.2, -0.15) is 0 Å². The first-order valence-electron chi connectivity index (χ1n) is 5.62. The highest BCUT2D eigenvalue weighted by molar-refractivity contribution is 9.10. The van der Waals surface area contributed by atoms with Crippen LogP contribution in [0.3, 0.4) is 0 Å². The van der Waals surface area contributed by atoms with Crippen LogP contribution >= 0.6 is 15.9 Å². The van der Waals surface area contributed by atoms with Crippen LogP contribution in [0.4, 0.5) is 0 Å². The van der Waals surface area contributed by atoms with Crippen LogP contribution in [0.15, 0.2) is 0 Å². The fourth-order valence-corrected chi connectivity index (χ4v) is 1.99. The van der Waals surface area contributed by atoms with E-state index in [0.717, 1.165) is 0 Å². The molecule has 1 saturated heterocycles. The Morgan fingerprint density at radius 3 is 1.88 bits per heavy atom. The smallest absolute Gasteiger partial charge is 0.236 e. The molecule has 4 nitrogen and oxygen atoms in total. The molecule has 0 aromatic carbocycles. The zero-order chi connectivity index (χ0) is 12.3. The molecule has 2 amide bonds. The van der Waals surface area contributed by atoms with Crippen LogP contribution in [0, 0.1) is 5.92 Å². The van der Waals surface area contributed by atoms with Gasteiger partial charge in [0.1, 0.15) is 0 Å². The van der Waals surface area contributed by atoms with Gasteiger partial charge in [-0.15, -0.1) is 0 Å². The average Bonchev–Trinajstić information content (AvgIpc) is 2.27. The van der Waals surface area contributed by atoms with Crippen LogP contribution in [0.25, 0.3) is 0 Å². The summed E-state index contributed by atoms with van der Waals surface area (Å²) in [6.45, 7) is 8.20. The Morgan fingerprint density at radius 1 is 1.06 bits per heavy atom. The Bertz CT molecular complexity index is 273. The second-order valence-electron chi connectivity index (χ2n) is 4.48. The zero-order valence-electron chi connectivity index (χ0n) is 10.1. The maximum absolute atomic E-state index is 12.0. The van der Waals surface area contributed by atoms with Crippen molar-refractivity contribution in [2.75, 3.05) is 26.2 Å². The predicted octanol–water partition coefficient (Wildman–Crippen LogP) is 1.10. The second-order valence-corrected chi connectivity index (χ2v) is 5.46. The molecule has 0 bridgehead atoms. The first-order chi connectivity index (χ1) is 7.43. The predicted molar refractivity (Wildman–Crippen MR) is 66.4 cm³/mol. The van der Waals surface area contributed by atoms with Gasteiger partial charge in [-0.1, -0.05) is 29.8 Å². The first-order valence-corrected chi connectivity index (χ1v) is 6.53. The van der Waals surface area contributed by atoms with Gasteiger partial charge in [0.05, 0.1) is 4.83 Å². The molecule has 1 atom stereocenters. The molecule has 16 heavy (non-hydrogen) atoms. The minimum Gasteiger partial charge on any atom is -0.339 e. The van der Waals surface area contributed by atoms with Gasteiger partial charge in [0.2, 0.25) is 11.8 Å². The van der Waals surface area contributed by atoms with Crippen molar-refractivity contribution in [3.8, 4) is 0 Å². The minimum atomic E-state index is -0.114. The van der Waals surface area contributed by atoms with E-state index in [1.165, 1.54) is 0 Å². The largest absolute Gasteiger partial charge is 0.339 e. The molecule has 1 aliphatic rings. The number of hydrogen-bond donors (Lipinski definition) is 0. The molecular formula is C11H19BrN2O2. The number of piperazine rings is 1. The highest BCUT2D eigenvalue weighted by Crippen LogP contribution is 2.16. The standard InChI is InChI=1S/C11H19BrN2O2/c1-8(2)10(12)11(16)14-6-4-13(5-7-14)9(3)15/h8,10H,4-7H2,1-3H3/t10-/m1/s1. The molecule has 1 aliphatic heterocycles. The molecule has 0 aromatic heterocycles. The third kappa shape index (κ3) is 3.20. The highest BCUT2D eigenvalue weighted by Gasteiger charge is 2.27. The molecule has 0 spiro atoms. The topological polar surface area (TPSA) is 40.6 Å². The summed E-state index contributed by atoms with van der Waals surface area (Å²) in [4.78, 5) is 26.6. The van der Waals surface area contributed by atoms with E-state index in [0.29, 0.717) is 32.1 Å². The highest BCUT2D eigenvalue weighted by atomic mass is 79.9. The summed E-state index contributed by atoms with van der Waals surface area (Å²) >= 11 is 3.42. The van der Waals surface area contributed by atoms with Crippen LogP contribution in [0.1, 0.15) is 20.8 Å². The number of nitrogens with zero attached hydrogens (tertiary/aromatic N) is 2. The molecule has 0 radical (unpaired) electrons. The van der Waals surface area contributed by atoms with Crippen LogP contribution < -0.4 is 0 Å². The Hall–Kier alpha value is -0.580. The summed E-state index contributed by atoms with van der Waals surface area (Å²) < 4.78 is 0. The lowest BCUT2D eigenvalue weighted by Gasteiger charge is -2.35. The summed E-state index contributed by atoms with van der Waals surface area (Å²) in [6, 6.07) is 0. The number of hydrogen-bond acceptors (Lipinski definition) is 2. The van der Waals surface area contributed by atoms with E-state index in [1.807, 2.05) is 18.7 Å². The lowest BCUT2D eigenvalue weighted by atomic mass is 10.1. The van der Waals surface area contributed by atoms with E-state index in [1.54, 1.807) is 11.8 Å². The van der Waals surface area contributed by atoms with Crippen molar-refractivity contribution in [2.24, 2.45) is 5.92 Å². The maximum Gasteiger partial charge on any atom is 0.236 e. The van der Waals surface area contributed by atoms with Crippen molar-refractivity contribution in [1.82, 2.24) is 9.80 Å². The lowest BCUT2D eigenvalue weighted by molar-refractivity contribution is -0.138. The third-order valence-electron chi connectivity index (χ3n) is 2.86. The molecule has 0 unspecified atom stereocenters. The molecule has 5 heteroatoms. The molecule has 1 heterocycles. The van der Waals surface area contributed by atoms with Crippen molar-refractivity contribution >= 4 is 27.7 Å². The third-order valence-corrected chi connectivity index (χ3v) is 4.31. The van der Waals surface area contributed by atoms with E-state index >= 15 is 0 Å². The number of amides is 2. The van der Waals surface area contributed by atoms with E-state index < -0.39 is 0 Å². The molecule has 1 fully saturated rings. The van der Waals surface area contributed by atoms with Gasteiger partial charge in [-0.05, 0) is 5.92 Å². The Labute approximate surface area is 105 Å². The van der Waals surface area contributed by atoms with Crippen LogP contribution in [0.5, 0.6) is 0 Å².